The Kier molecular flexibility index (Phi) is 6.22. The molecular formula is C15H23N3O2S. The van der Waals surface area contributed by atoms with E-state index in [0.717, 1.165) is 32.0 Å². The van der Waals surface area contributed by atoms with Gasteiger partial charge < -0.3 is 25.0 Å². The number of ether oxygens (including phenoxy) is 2. The highest BCUT2D eigenvalue weighted by atomic mass is 32.1. The van der Waals surface area contributed by atoms with Crippen molar-refractivity contribution in [2.45, 2.75) is 13.0 Å². The first-order chi connectivity index (χ1) is 10.2. The predicted molar refractivity (Wildman–Crippen MR) is 90.2 cm³/mol. The van der Waals surface area contributed by atoms with E-state index in [1.165, 1.54) is 5.69 Å². The third-order valence-electron chi connectivity index (χ3n) is 3.30. The van der Waals surface area contributed by atoms with Crippen molar-refractivity contribution in [3.05, 3.63) is 24.3 Å². The Labute approximate surface area is 131 Å². The van der Waals surface area contributed by atoms with E-state index in [-0.39, 0.29) is 6.04 Å². The first kappa shape index (κ1) is 16.0. The minimum absolute atomic E-state index is 0.183. The number of thiocarbonyl (C=S) groups is 1. The van der Waals surface area contributed by atoms with Gasteiger partial charge in [-0.15, -0.1) is 0 Å². The lowest BCUT2D eigenvalue weighted by molar-refractivity contribution is 0.122. The summed E-state index contributed by atoms with van der Waals surface area (Å²) in [6, 6.07) is 8.48. The Morgan fingerprint density at radius 3 is 2.62 bits per heavy atom. The summed E-state index contributed by atoms with van der Waals surface area (Å²) in [6.07, 6.45) is 0. The molecule has 5 nitrogen and oxygen atoms in total. The minimum Gasteiger partial charge on any atom is -0.383 e. The Morgan fingerprint density at radius 2 is 2.00 bits per heavy atom. The van der Waals surface area contributed by atoms with E-state index >= 15 is 0 Å². The van der Waals surface area contributed by atoms with Crippen molar-refractivity contribution in [1.29, 1.82) is 0 Å². The van der Waals surface area contributed by atoms with Gasteiger partial charge in [-0.25, -0.2) is 0 Å². The van der Waals surface area contributed by atoms with Crippen LogP contribution in [0.1, 0.15) is 6.92 Å². The van der Waals surface area contributed by atoms with Gasteiger partial charge in [0.2, 0.25) is 0 Å². The summed E-state index contributed by atoms with van der Waals surface area (Å²) in [5.74, 6) is 0. The molecule has 1 fully saturated rings. The average molecular weight is 309 g/mol. The molecule has 21 heavy (non-hydrogen) atoms. The molecule has 6 heteroatoms. The fourth-order valence-electron chi connectivity index (χ4n) is 2.26. The topological polar surface area (TPSA) is 45.8 Å². The van der Waals surface area contributed by atoms with Gasteiger partial charge >= 0.3 is 0 Å². The van der Waals surface area contributed by atoms with Crippen LogP contribution >= 0.6 is 12.2 Å². The van der Waals surface area contributed by atoms with Gasteiger partial charge in [0, 0.05) is 37.6 Å². The van der Waals surface area contributed by atoms with Gasteiger partial charge in [0.25, 0.3) is 0 Å². The van der Waals surface area contributed by atoms with Crippen molar-refractivity contribution in [2.75, 3.05) is 50.2 Å². The van der Waals surface area contributed by atoms with Crippen LogP contribution in [0.5, 0.6) is 0 Å². The summed E-state index contributed by atoms with van der Waals surface area (Å²) in [4.78, 5) is 2.32. The molecule has 0 spiro atoms. The monoisotopic (exact) mass is 309 g/mol. The summed E-state index contributed by atoms with van der Waals surface area (Å²) in [5, 5.41) is 6.97. The Bertz CT molecular complexity index is 447. The number of nitrogens with zero attached hydrogens (tertiary/aromatic N) is 1. The van der Waals surface area contributed by atoms with Crippen LogP contribution in [-0.4, -0.2) is 51.2 Å². The molecule has 2 N–H and O–H groups in total. The minimum atomic E-state index is 0.183. The molecule has 0 radical (unpaired) electrons. The molecule has 2 rings (SSSR count). The number of methoxy groups -OCH3 is 1. The maximum atomic E-state index is 5.36. The molecule has 1 aromatic carbocycles. The van der Waals surface area contributed by atoms with E-state index in [1.807, 2.05) is 19.1 Å². The molecule has 1 aliphatic rings. The van der Waals surface area contributed by atoms with Crippen LogP contribution in [0.25, 0.3) is 0 Å². The van der Waals surface area contributed by atoms with Crippen LogP contribution in [0, 0.1) is 0 Å². The van der Waals surface area contributed by atoms with Crippen LogP contribution in [0.2, 0.25) is 0 Å². The van der Waals surface area contributed by atoms with E-state index in [1.54, 1.807) is 7.11 Å². The number of nitrogens with one attached hydrogen (secondary N) is 2. The first-order valence-electron chi connectivity index (χ1n) is 7.18. The van der Waals surface area contributed by atoms with E-state index in [2.05, 4.69) is 27.7 Å². The Morgan fingerprint density at radius 1 is 1.33 bits per heavy atom. The largest absolute Gasteiger partial charge is 0.383 e. The van der Waals surface area contributed by atoms with Gasteiger partial charge in [0.1, 0.15) is 0 Å². The molecule has 1 heterocycles. The molecular weight excluding hydrogens is 286 g/mol. The van der Waals surface area contributed by atoms with Crippen molar-refractivity contribution < 1.29 is 9.47 Å². The van der Waals surface area contributed by atoms with Crippen LogP contribution in [-0.2, 0) is 9.47 Å². The SMILES string of the molecule is COCC(C)NC(=S)Nc1ccc(N2CCOCC2)cc1. The van der Waals surface area contributed by atoms with E-state index in [0.29, 0.717) is 11.7 Å². The number of benzene rings is 1. The first-order valence-corrected chi connectivity index (χ1v) is 7.59. The van der Waals surface area contributed by atoms with Crippen molar-refractivity contribution in [3.63, 3.8) is 0 Å². The lowest BCUT2D eigenvalue weighted by Gasteiger charge is -2.29. The average Bonchev–Trinajstić information content (AvgIpc) is 2.49. The lowest BCUT2D eigenvalue weighted by atomic mass is 10.2. The lowest BCUT2D eigenvalue weighted by Crippen LogP contribution is -2.38. The predicted octanol–water partition coefficient (Wildman–Crippen LogP) is 1.84. The Hall–Kier alpha value is -1.37. The fraction of sp³-hybridized carbons (Fsp3) is 0.533. The molecule has 0 saturated carbocycles. The molecule has 0 aliphatic carbocycles. The molecule has 116 valence electrons. The highest BCUT2D eigenvalue weighted by Crippen LogP contribution is 2.18. The fourth-order valence-corrected chi connectivity index (χ4v) is 2.58. The summed E-state index contributed by atoms with van der Waals surface area (Å²) in [6.45, 7) is 6.14. The van der Waals surface area contributed by atoms with Crippen molar-refractivity contribution in [2.24, 2.45) is 0 Å². The quantitative estimate of drug-likeness (QED) is 0.810. The maximum Gasteiger partial charge on any atom is 0.171 e. The highest BCUT2D eigenvalue weighted by Gasteiger charge is 2.11. The molecule has 0 bridgehead atoms. The molecule has 0 amide bonds. The summed E-state index contributed by atoms with van der Waals surface area (Å²) in [7, 11) is 1.68. The number of rotatable bonds is 5. The zero-order valence-corrected chi connectivity index (χ0v) is 13.4. The normalized spacial score (nSPS) is 16.4. The number of hydrogen-bond acceptors (Lipinski definition) is 4. The smallest absolute Gasteiger partial charge is 0.171 e. The molecule has 1 atom stereocenters. The van der Waals surface area contributed by atoms with Crippen LogP contribution < -0.4 is 15.5 Å². The molecule has 1 unspecified atom stereocenters. The van der Waals surface area contributed by atoms with E-state index in [9.17, 15) is 0 Å². The van der Waals surface area contributed by atoms with Gasteiger partial charge in [0.15, 0.2) is 5.11 Å². The van der Waals surface area contributed by atoms with Crippen molar-refractivity contribution >= 4 is 28.7 Å². The summed E-state index contributed by atoms with van der Waals surface area (Å²) < 4.78 is 10.4. The van der Waals surface area contributed by atoms with Crippen LogP contribution in [0.3, 0.4) is 0 Å². The molecule has 1 aliphatic heterocycles. The van der Waals surface area contributed by atoms with Gasteiger partial charge in [-0.05, 0) is 43.4 Å². The maximum absolute atomic E-state index is 5.36. The van der Waals surface area contributed by atoms with Gasteiger partial charge in [-0.1, -0.05) is 0 Å². The third kappa shape index (κ3) is 5.15. The summed E-state index contributed by atoms with van der Waals surface area (Å²) in [5.41, 5.74) is 2.20. The molecule has 0 aromatic heterocycles. The van der Waals surface area contributed by atoms with Gasteiger partial charge in [-0.3, -0.25) is 0 Å². The van der Waals surface area contributed by atoms with Gasteiger partial charge in [-0.2, -0.15) is 0 Å². The molecule has 1 aromatic rings. The molecule has 1 saturated heterocycles. The third-order valence-corrected chi connectivity index (χ3v) is 3.52. The number of morpholine rings is 1. The zero-order valence-electron chi connectivity index (χ0n) is 12.6. The summed E-state index contributed by atoms with van der Waals surface area (Å²) >= 11 is 5.28. The standard InChI is InChI=1S/C15H23N3O2S/c1-12(11-19-2)16-15(21)17-13-3-5-14(6-4-13)18-7-9-20-10-8-18/h3-6,12H,7-11H2,1-2H3,(H2,16,17,21). The van der Waals surface area contributed by atoms with E-state index in [4.69, 9.17) is 21.7 Å². The van der Waals surface area contributed by atoms with Gasteiger partial charge in [0.05, 0.1) is 19.8 Å². The second kappa shape index (κ2) is 8.17. The van der Waals surface area contributed by atoms with Crippen LogP contribution in [0.15, 0.2) is 24.3 Å². The van der Waals surface area contributed by atoms with Crippen molar-refractivity contribution in [1.82, 2.24) is 5.32 Å². The van der Waals surface area contributed by atoms with Crippen molar-refractivity contribution in [3.8, 4) is 0 Å². The highest BCUT2D eigenvalue weighted by molar-refractivity contribution is 7.80. The van der Waals surface area contributed by atoms with E-state index < -0.39 is 0 Å². The van der Waals surface area contributed by atoms with Crippen LogP contribution in [0.4, 0.5) is 11.4 Å². The Balaban J connectivity index is 1.85. The second-order valence-electron chi connectivity index (χ2n) is 5.10. The zero-order chi connectivity index (χ0) is 15.1. The number of anilines is 2. The number of hydrogen-bond donors (Lipinski definition) is 2. The second-order valence-corrected chi connectivity index (χ2v) is 5.51.